The van der Waals surface area contributed by atoms with Gasteiger partial charge >= 0.3 is 0 Å². The molecule has 0 spiro atoms. The van der Waals surface area contributed by atoms with Gasteiger partial charge in [0.05, 0.1) is 19.6 Å². The molecule has 10 aromatic carbocycles. The number of hydrogen-bond donors (Lipinski definition) is 1. The Morgan fingerprint density at radius 1 is 0.433 bits per heavy atom. The van der Waals surface area contributed by atoms with Crippen molar-refractivity contribution >= 4 is 87.2 Å². The third-order valence-corrected chi connectivity index (χ3v) is 34.6. The number of nitrogens with zero attached hydrogens (tertiary/aromatic N) is 3. The van der Waals surface area contributed by atoms with E-state index in [1.165, 1.54) is 24.4 Å². The zero-order valence-corrected chi connectivity index (χ0v) is 55.5. The summed E-state index contributed by atoms with van der Waals surface area (Å²) in [5.74, 6) is 0. The molecule has 1 heterocycles. The van der Waals surface area contributed by atoms with Gasteiger partial charge in [0.25, 0.3) is 0 Å². The molecule has 0 bridgehead atoms. The van der Waals surface area contributed by atoms with E-state index in [0.29, 0.717) is 105 Å². The number of fused-ring (bicyclic) bond motifs is 3. The fourth-order valence-electron chi connectivity index (χ4n) is 13.4. The highest BCUT2D eigenvalue weighted by Gasteiger charge is 2.60. The van der Waals surface area contributed by atoms with Crippen LogP contribution in [0.5, 0.6) is 0 Å². The summed E-state index contributed by atoms with van der Waals surface area (Å²) in [6.07, 6.45) is 3.90. The lowest BCUT2D eigenvalue weighted by molar-refractivity contribution is 0.278. The number of benzene rings is 10. The fourth-order valence-corrected chi connectivity index (χ4v) is 32.0. The molecular formula is C72H70N4O8P2S4. The van der Waals surface area contributed by atoms with Crippen LogP contribution in [0.25, 0.3) is 54.9 Å². The summed E-state index contributed by atoms with van der Waals surface area (Å²) in [6.45, 7) is 7.49. The van der Waals surface area contributed by atoms with Gasteiger partial charge in [-0.1, -0.05) is 206 Å². The van der Waals surface area contributed by atoms with Crippen LogP contribution in [0.1, 0.15) is 73.6 Å². The van der Waals surface area contributed by atoms with Gasteiger partial charge < -0.3 is 5.73 Å². The van der Waals surface area contributed by atoms with E-state index in [9.17, 15) is 0 Å². The SMILES string of the molecule is Cc1ccc(S(=O)(=O)N2C3CCCCC3N(S(=O)(=O)c3ccc(C)cc3)P2c2c(-c3ccccc3)cc3ccccc3c2-c2c(P(N(C3CCCCC3N)S(=O)(=O)c3ccc(C)cc3)S(=O)(=O)c3ccc(C)cc3)c(-c3ccccc3)cc3ccccc23)cc1. The molecule has 5 unspecified atom stereocenters. The molecule has 1 aliphatic heterocycles. The minimum absolute atomic E-state index is 0.00573. The van der Waals surface area contributed by atoms with Crippen molar-refractivity contribution in [2.24, 2.45) is 5.73 Å². The largest absolute Gasteiger partial charge is 0.326 e. The fraction of sp³-hybridized carbons (Fsp3) is 0.222. The van der Waals surface area contributed by atoms with E-state index >= 15 is 33.7 Å². The molecule has 1 saturated heterocycles. The van der Waals surface area contributed by atoms with Crippen molar-refractivity contribution < 1.29 is 33.7 Å². The van der Waals surface area contributed by atoms with Gasteiger partial charge in [0.15, 0.2) is 0 Å². The summed E-state index contributed by atoms with van der Waals surface area (Å²) in [6, 6.07) is 61.0. The first-order valence-electron chi connectivity index (χ1n) is 30.5. The van der Waals surface area contributed by atoms with Crippen LogP contribution < -0.4 is 16.3 Å². The van der Waals surface area contributed by atoms with Crippen molar-refractivity contribution in [1.29, 1.82) is 0 Å². The van der Waals surface area contributed by atoms with Gasteiger partial charge in [-0.25, -0.2) is 33.7 Å². The van der Waals surface area contributed by atoms with Gasteiger partial charge in [-0.15, -0.1) is 0 Å². The molecule has 5 atom stereocenters. The third-order valence-electron chi connectivity index (χ3n) is 18.0. The van der Waals surface area contributed by atoms with Crippen molar-refractivity contribution in [2.45, 2.75) is 123 Å². The highest BCUT2D eigenvalue weighted by Crippen LogP contribution is 2.65. The summed E-state index contributed by atoms with van der Waals surface area (Å²) in [7, 11) is -25.3. The van der Waals surface area contributed by atoms with Crippen molar-refractivity contribution in [3.8, 4) is 33.4 Å². The van der Waals surface area contributed by atoms with Crippen molar-refractivity contribution in [1.82, 2.24) is 12.2 Å². The Morgan fingerprint density at radius 3 is 1.30 bits per heavy atom. The van der Waals surface area contributed by atoms with Gasteiger partial charge in [-0.3, -0.25) is 0 Å². The quantitative estimate of drug-likeness (QED) is 0.0981. The van der Waals surface area contributed by atoms with E-state index < -0.39 is 79.2 Å². The molecule has 2 N–H and O–H groups in total. The average molecular weight is 1310 g/mol. The molecule has 0 aromatic heterocycles. The monoisotopic (exact) mass is 1310 g/mol. The highest BCUT2D eigenvalue weighted by molar-refractivity contribution is 8.53. The van der Waals surface area contributed by atoms with Crippen LogP contribution in [0.4, 0.5) is 0 Å². The number of aryl methyl sites for hydroxylation is 4. The van der Waals surface area contributed by atoms with E-state index in [2.05, 4.69) is 0 Å². The number of nitrogens with two attached hydrogens (primary N) is 1. The summed E-state index contributed by atoms with van der Waals surface area (Å²) < 4.78 is 139. The van der Waals surface area contributed by atoms with Crippen LogP contribution in [0, 0.1) is 27.7 Å². The van der Waals surface area contributed by atoms with Gasteiger partial charge in [0.1, 0.15) is 15.5 Å². The predicted molar refractivity (Wildman–Crippen MR) is 366 cm³/mol. The van der Waals surface area contributed by atoms with Crippen LogP contribution in [0.3, 0.4) is 0 Å². The molecule has 2 saturated carbocycles. The van der Waals surface area contributed by atoms with E-state index in [1.54, 1.807) is 84.9 Å². The second kappa shape index (κ2) is 24.7. The first kappa shape index (κ1) is 62.0. The maximum absolute atomic E-state index is 17.4. The Bertz CT molecular complexity index is 4750. The summed E-state index contributed by atoms with van der Waals surface area (Å²) in [5, 5.41) is 2.95. The third kappa shape index (κ3) is 11.1. The van der Waals surface area contributed by atoms with Crippen LogP contribution in [-0.2, 0) is 39.5 Å². The Hall–Kier alpha value is -6.78. The zero-order chi connectivity index (χ0) is 62.9. The van der Waals surface area contributed by atoms with Gasteiger partial charge in [-0.05, 0) is 158 Å². The topological polar surface area (TPSA) is 172 Å². The second-order valence-corrected chi connectivity index (χ2v) is 37.5. The molecule has 12 nitrogen and oxygen atoms in total. The molecule has 0 amide bonds. The van der Waals surface area contributed by atoms with Gasteiger partial charge in [0, 0.05) is 45.9 Å². The minimum Gasteiger partial charge on any atom is -0.326 e. The standard InChI is InChI=1S/C72H70N4O8P2S4/c1-49-31-39-57(40-32-49)87(77,78)74-67-29-17-18-30-68(67)75(88(79,80)58-41-33-50(2)34-42-58)85(74)71-63(53-19-7-5-8-20-53)47-55-23-11-13-25-61(55)69(71)70-62-26-14-12-24-56(62)48-64(54-21-9-6-10-22-54)72(70)86(90(83,84)60-45-37-52(4)38-46-60)76(66-28-16-15-27-65(66)73)89(81,82)59-43-35-51(3)36-44-59/h5-14,19-26,31-48,65-68H,15-18,27-30,73H2,1-4H3. The van der Waals surface area contributed by atoms with Crippen molar-refractivity contribution in [3.05, 3.63) is 241 Å². The maximum atomic E-state index is 17.4. The summed E-state index contributed by atoms with van der Waals surface area (Å²) in [4.78, 5) is -0.226. The minimum atomic E-state index is -4.93. The molecule has 3 fully saturated rings. The first-order valence-corrected chi connectivity index (χ1v) is 39.5. The number of rotatable bonds is 15. The molecule has 18 heteroatoms. The zero-order valence-electron chi connectivity index (χ0n) is 50.5. The second-order valence-electron chi connectivity index (χ2n) is 24.0. The molecule has 90 heavy (non-hydrogen) atoms. The lowest BCUT2D eigenvalue weighted by atomic mass is 9.88. The Morgan fingerprint density at radius 2 is 0.822 bits per heavy atom. The Labute approximate surface area is 531 Å². The summed E-state index contributed by atoms with van der Waals surface area (Å²) in [5.41, 5.74) is 13.4. The lowest BCUT2D eigenvalue weighted by Gasteiger charge is -2.42. The van der Waals surface area contributed by atoms with Gasteiger partial charge in [0.2, 0.25) is 39.5 Å². The lowest BCUT2D eigenvalue weighted by Crippen LogP contribution is -2.51. The molecule has 10 aromatic rings. The average Bonchev–Trinajstić information content (AvgIpc) is 1.29. The van der Waals surface area contributed by atoms with Crippen LogP contribution in [-0.4, -0.2) is 70.1 Å². The van der Waals surface area contributed by atoms with E-state index in [-0.39, 0.29) is 31.3 Å². The van der Waals surface area contributed by atoms with Crippen LogP contribution in [0.2, 0.25) is 0 Å². The van der Waals surface area contributed by atoms with Crippen LogP contribution >= 0.6 is 15.5 Å². The number of sulfonamides is 3. The predicted octanol–water partition coefficient (Wildman–Crippen LogP) is 15.2. The van der Waals surface area contributed by atoms with Gasteiger partial charge in [-0.2, -0.15) is 12.2 Å². The van der Waals surface area contributed by atoms with Crippen molar-refractivity contribution in [3.63, 3.8) is 0 Å². The Kier molecular flexibility index (Phi) is 17.0. The molecule has 0 radical (unpaired) electrons. The maximum Gasteiger partial charge on any atom is 0.248 e. The normalized spacial score (nSPS) is 19.9. The smallest absolute Gasteiger partial charge is 0.248 e. The Balaban J connectivity index is 1.29. The van der Waals surface area contributed by atoms with Crippen molar-refractivity contribution in [2.75, 3.05) is 0 Å². The molecule has 460 valence electrons. The van der Waals surface area contributed by atoms with E-state index in [4.69, 9.17) is 5.73 Å². The molecule has 13 rings (SSSR count). The van der Waals surface area contributed by atoms with E-state index in [0.717, 1.165) is 22.3 Å². The molecule has 2 aliphatic carbocycles. The molecule has 3 aliphatic rings. The van der Waals surface area contributed by atoms with E-state index in [1.807, 2.05) is 149 Å². The highest BCUT2D eigenvalue weighted by atomic mass is 32.8. The van der Waals surface area contributed by atoms with Crippen LogP contribution in [0.15, 0.2) is 238 Å². The molecular weight excluding hydrogens is 1240 g/mol. The number of hydrogen-bond acceptors (Lipinski definition) is 9. The summed E-state index contributed by atoms with van der Waals surface area (Å²) >= 11 is 0. The first-order chi connectivity index (χ1) is 43.3.